The number of phenols is 1. The lowest BCUT2D eigenvalue weighted by atomic mass is 9.95. The van der Waals surface area contributed by atoms with Crippen molar-refractivity contribution in [2.75, 3.05) is 14.2 Å². The molecule has 0 bridgehead atoms. The number of aliphatic hydroxyl groups is 1. The van der Waals surface area contributed by atoms with Gasteiger partial charge in [0.1, 0.15) is 11.5 Å². The van der Waals surface area contributed by atoms with Crippen LogP contribution >= 0.6 is 23.2 Å². The van der Waals surface area contributed by atoms with Gasteiger partial charge in [-0.3, -0.25) is 9.59 Å². The maximum absolute atomic E-state index is 13.2. The van der Waals surface area contributed by atoms with Crippen LogP contribution in [-0.2, 0) is 20.9 Å². The lowest BCUT2D eigenvalue weighted by molar-refractivity contribution is -0.140. The van der Waals surface area contributed by atoms with E-state index in [0.29, 0.717) is 16.7 Å². The van der Waals surface area contributed by atoms with Crippen LogP contribution in [0.3, 0.4) is 0 Å². The second-order valence-corrected chi connectivity index (χ2v) is 8.99. The van der Waals surface area contributed by atoms with E-state index in [4.69, 9.17) is 32.7 Å². The zero-order valence-electron chi connectivity index (χ0n) is 19.7. The molecule has 0 spiro atoms. The van der Waals surface area contributed by atoms with Crippen LogP contribution in [-0.4, -0.2) is 47.0 Å². The van der Waals surface area contributed by atoms with E-state index in [9.17, 15) is 24.6 Å². The topological polar surface area (TPSA) is 113 Å². The molecule has 1 heterocycles. The summed E-state index contributed by atoms with van der Waals surface area (Å²) in [5, 5.41) is 21.2. The first kappa shape index (κ1) is 26.1. The Kier molecular flexibility index (Phi) is 7.42. The van der Waals surface area contributed by atoms with E-state index in [1.165, 1.54) is 43.4 Å². The molecular weight excluding hydrogens is 521 g/mol. The van der Waals surface area contributed by atoms with E-state index >= 15 is 0 Å². The SMILES string of the molecule is COC(=O)c1ccc(CN2C(=O)C(=O)/C(=C(/O)c3cc(Cl)c(OC)c(Cl)c3)C2c2ccc(O)cc2)cc1. The summed E-state index contributed by atoms with van der Waals surface area (Å²) in [6.45, 7) is -0.00151. The first-order chi connectivity index (χ1) is 17.7. The molecule has 0 aliphatic carbocycles. The van der Waals surface area contributed by atoms with Gasteiger partial charge in [-0.05, 0) is 47.5 Å². The number of ether oxygens (including phenoxy) is 2. The normalized spacial score (nSPS) is 16.6. The summed E-state index contributed by atoms with van der Waals surface area (Å²) in [7, 11) is 2.66. The average molecular weight is 542 g/mol. The summed E-state index contributed by atoms with van der Waals surface area (Å²) in [5.74, 6) is -2.51. The van der Waals surface area contributed by atoms with Crippen molar-refractivity contribution in [2.45, 2.75) is 12.6 Å². The summed E-state index contributed by atoms with van der Waals surface area (Å²) < 4.78 is 9.86. The minimum absolute atomic E-state index is 0.00151. The maximum atomic E-state index is 13.2. The van der Waals surface area contributed by atoms with Crippen molar-refractivity contribution in [1.29, 1.82) is 0 Å². The number of benzene rings is 3. The van der Waals surface area contributed by atoms with Gasteiger partial charge < -0.3 is 24.6 Å². The molecule has 1 amide bonds. The molecule has 10 heteroatoms. The van der Waals surface area contributed by atoms with Gasteiger partial charge in [0.15, 0.2) is 5.75 Å². The Balaban J connectivity index is 1.82. The predicted octanol–water partition coefficient (Wildman–Crippen LogP) is 5.12. The Morgan fingerprint density at radius 3 is 2.08 bits per heavy atom. The van der Waals surface area contributed by atoms with E-state index in [2.05, 4.69) is 0 Å². The molecule has 0 saturated carbocycles. The van der Waals surface area contributed by atoms with E-state index in [1.54, 1.807) is 36.4 Å². The molecule has 3 aromatic rings. The third-order valence-electron chi connectivity index (χ3n) is 5.95. The zero-order valence-corrected chi connectivity index (χ0v) is 21.2. The Morgan fingerprint density at radius 2 is 1.54 bits per heavy atom. The molecule has 1 aliphatic rings. The average Bonchev–Trinajstić information content (AvgIpc) is 3.13. The molecule has 4 rings (SSSR count). The van der Waals surface area contributed by atoms with Crippen LogP contribution in [0.5, 0.6) is 11.5 Å². The lowest BCUT2D eigenvalue weighted by Crippen LogP contribution is -2.29. The molecule has 1 aliphatic heterocycles. The van der Waals surface area contributed by atoms with Gasteiger partial charge in [0.2, 0.25) is 0 Å². The van der Waals surface area contributed by atoms with E-state index < -0.39 is 29.5 Å². The summed E-state index contributed by atoms with van der Waals surface area (Å²) >= 11 is 12.5. The highest BCUT2D eigenvalue weighted by atomic mass is 35.5. The lowest BCUT2D eigenvalue weighted by Gasteiger charge is -2.25. The number of amides is 1. The summed E-state index contributed by atoms with van der Waals surface area (Å²) in [5.41, 5.74) is 1.40. The number of likely N-dealkylation sites (tertiary alicyclic amines) is 1. The number of aliphatic hydroxyl groups excluding tert-OH is 1. The van der Waals surface area contributed by atoms with Crippen LogP contribution < -0.4 is 4.74 Å². The second kappa shape index (κ2) is 10.5. The zero-order chi connectivity index (χ0) is 26.9. The number of hydrogen-bond acceptors (Lipinski definition) is 7. The first-order valence-electron chi connectivity index (χ1n) is 10.9. The van der Waals surface area contributed by atoms with Crippen LogP contribution in [0.25, 0.3) is 5.76 Å². The van der Waals surface area contributed by atoms with Crippen LogP contribution in [0, 0.1) is 0 Å². The molecule has 2 N–H and O–H groups in total. The van der Waals surface area contributed by atoms with Crippen molar-refractivity contribution in [2.24, 2.45) is 0 Å². The van der Waals surface area contributed by atoms with Gasteiger partial charge in [-0.2, -0.15) is 0 Å². The Labute approximate surface area is 222 Å². The highest BCUT2D eigenvalue weighted by molar-refractivity contribution is 6.46. The summed E-state index contributed by atoms with van der Waals surface area (Å²) in [4.78, 5) is 39.5. The van der Waals surface area contributed by atoms with Crippen LogP contribution in [0.1, 0.15) is 33.1 Å². The maximum Gasteiger partial charge on any atom is 0.337 e. The van der Waals surface area contributed by atoms with Crippen LogP contribution in [0.2, 0.25) is 10.0 Å². The Hall–Kier alpha value is -4.01. The summed E-state index contributed by atoms with van der Waals surface area (Å²) in [6, 6.07) is 14.1. The number of nitrogens with zero attached hydrogens (tertiary/aromatic N) is 1. The van der Waals surface area contributed by atoms with Crippen LogP contribution in [0.15, 0.2) is 66.2 Å². The molecule has 0 aromatic heterocycles. The van der Waals surface area contributed by atoms with Crippen LogP contribution in [0.4, 0.5) is 0 Å². The highest BCUT2D eigenvalue weighted by Crippen LogP contribution is 2.42. The van der Waals surface area contributed by atoms with Crippen molar-refractivity contribution in [1.82, 2.24) is 4.90 Å². The molecular formula is C27H21Cl2NO7. The van der Waals surface area contributed by atoms with Crippen molar-refractivity contribution >= 4 is 46.6 Å². The van der Waals surface area contributed by atoms with Gasteiger partial charge >= 0.3 is 5.97 Å². The second-order valence-electron chi connectivity index (χ2n) is 8.18. The molecule has 1 saturated heterocycles. The quantitative estimate of drug-likeness (QED) is 0.193. The Morgan fingerprint density at radius 1 is 0.946 bits per heavy atom. The minimum Gasteiger partial charge on any atom is -0.508 e. The highest BCUT2D eigenvalue weighted by Gasteiger charge is 2.46. The molecule has 190 valence electrons. The molecule has 8 nitrogen and oxygen atoms in total. The van der Waals surface area contributed by atoms with Gasteiger partial charge in [-0.15, -0.1) is 0 Å². The molecule has 1 unspecified atom stereocenters. The van der Waals surface area contributed by atoms with Gasteiger partial charge in [-0.25, -0.2) is 4.79 Å². The first-order valence-corrected chi connectivity index (χ1v) is 11.7. The fourth-order valence-corrected chi connectivity index (χ4v) is 4.80. The third kappa shape index (κ3) is 4.98. The number of hydrogen-bond donors (Lipinski definition) is 2. The number of carbonyl (C=O) groups is 3. The number of phenolic OH excluding ortho intramolecular Hbond substituents is 1. The number of halogens is 2. The van der Waals surface area contributed by atoms with Gasteiger partial charge in [0.25, 0.3) is 11.7 Å². The van der Waals surface area contributed by atoms with Gasteiger partial charge in [0.05, 0.1) is 41.4 Å². The molecule has 37 heavy (non-hydrogen) atoms. The largest absolute Gasteiger partial charge is 0.508 e. The molecule has 1 atom stereocenters. The smallest absolute Gasteiger partial charge is 0.337 e. The fourth-order valence-electron chi connectivity index (χ4n) is 4.15. The molecule has 0 radical (unpaired) electrons. The monoisotopic (exact) mass is 541 g/mol. The third-order valence-corrected chi connectivity index (χ3v) is 6.51. The van der Waals surface area contributed by atoms with E-state index in [1.807, 2.05) is 0 Å². The van der Waals surface area contributed by atoms with Crippen molar-refractivity contribution in [3.8, 4) is 11.5 Å². The number of carbonyl (C=O) groups excluding carboxylic acids is 3. The molecule has 1 fully saturated rings. The van der Waals surface area contributed by atoms with Crippen molar-refractivity contribution < 1.29 is 34.1 Å². The van der Waals surface area contributed by atoms with Crippen molar-refractivity contribution in [3.05, 3.63) is 98.5 Å². The number of Topliss-reactive ketones (excluding diaryl/α,β-unsaturated/α-hetero) is 1. The van der Waals surface area contributed by atoms with E-state index in [0.717, 1.165) is 0 Å². The number of esters is 1. The predicted molar refractivity (Wildman–Crippen MR) is 137 cm³/mol. The standard InChI is InChI=1S/C27H21Cl2NO7/c1-36-25-19(28)11-17(12-20(25)29)23(32)21-22(15-7-9-18(31)10-8-15)30(26(34)24(21)33)13-14-3-5-16(6-4-14)27(35)37-2/h3-12,22,31-32H,13H2,1-2H3/b23-21+. The summed E-state index contributed by atoms with van der Waals surface area (Å²) in [6.07, 6.45) is 0. The minimum atomic E-state index is -0.986. The van der Waals surface area contributed by atoms with Crippen molar-refractivity contribution in [3.63, 3.8) is 0 Å². The Bertz CT molecular complexity index is 1390. The number of ketones is 1. The van der Waals surface area contributed by atoms with Gasteiger partial charge in [-0.1, -0.05) is 47.5 Å². The molecule has 3 aromatic carbocycles. The van der Waals surface area contributed by atoms with Gasteiger partial charge in [0, 0.05) is 12.1 Å². The fraction of sp³-hybridized carbons (Fsp3) is 0.148. The number of rotatable bonds is 6. The number of methoxy groups -OCH3 is 2. The van der Waals surface area contributed by atoms with E-state index in [-0.39, 0.29) is 39.2 Å². The number of aromatic hydroxyl groups is 1.